The second-order valence-electron chi connectivity index (χ2n) is 5.01. The van der Waals surface area contributed by atoms with Gasteiger partial charge < -0.3 is 0 Å². The molecule has 2 nitrogen and oxygen atoms in total. The standard InChI is InChI=1S/C17H16N2/c18-11-17-16(15-9-5-2-6-10-15)13-19(17)12-14-7-3-1-4-8-14/h1-10,16-17H,12-13H2/t16-,17-/m1/s1. The van der Waals surface area contributed by atoms with Crippen LogP contribution in [-0.2, 0) is 6.54 Å². The van der Waals surface area contributed by atoms with Gasteiger partial charge >= 0.3 is 0 Å². The zero-order valence-electron chi connectivity index (χ0n) is 10.7. The van der Waals surface area contributed by atoms with Crippen molar-refractivity contribution in [3.8, 4) is 6.07 Å². The van der Waals surface area contributed by atoms with Gasteiger partial charge in [0.25, 0.3) is 0 Å². The summed E-state index contributed by atoms with van der Waals surface area (Å²) in [6, 6.07) is 23.1. The Bertz CT molecular complexity index is 571. The van der Waals surface area contributed by atoms with Crippen LogP contribution in [0.2, 0.25) is 0 Å². The van der Waals surface area contributed by atoms with Gasteiger partial charge in [-0.3, -0.25) is 4.90 Å². The minimum Gasteiger partial charge on any atom is -0.282 e. The lowest BCUT2D eigenvalue weighted by molar-refractivity contribution is 0.0894. The quantitative estimate of drug-likeness (QED) is 0.834. The fraction of sp³-hybridized carbons (Fsp3) is 0.235. The molecule has 2 heteroatoms. The molecule has 0 amide bonds. The van der Waals surface area contributed by atoms with Gasteiger partial charge in [0.2, 0.25) is 0 Å². The van der Waals surface area contributed by atoms with E-state index in [1.165, 1.54) is 11.1 Å². The minimum atomic E-state index is 0.00241. The van der Waals surface area contributed by atoms with Crippen molar-refractivity contribution < 1.29 is 0 Å². The first kappa shape index (κ1) is 12.0. The van der Waals surface area contributed by atoms with Crippen LogP contribution in [0.5, 0.6) is 0 Å². The van der Waals surface area contributed by atoms with Gasteiger partial charge in [-0.15, -0.1) is 0 Å². The summed E-state index contributed by atoms with van der Waals surface area (Å²) < 4.78 is 0. The molecule has 2 aromatic rings. The molecular formula is C17H16N2. The molecule has 1 aliphatic rings. The molecule has 0 N–H and O–H groups in total. The third kappa shape index (κ3) is 2.38. The maximum atomic E-state index is 9.37. The van der Waals surface area contributed by atoms with E-state index in [1.54, 1.807) is 0 Å². The van der Waals surface area contributed by atoms with Gasteiger partial charge in [-0.05, 0) is 11.1 Å². The summed E-state index contributed by atoms with van der Waals surface area (Å²) in [4.78, 5) is 2.24. The molecule has 0 spiro atoms. The largest absolute Gasteiger partial charge is 0.282 e. The molecule has 0 saturated carbocycles. The smallest absolute Gasteiger partial charge is 0.106 e. The number of benzene rings is 2. The minimum absolute atomic E-state index is 0.00241. The number of hydrogen-bond acceptors (Lipinski definition) is 2. The summed E-state index contributed by atoms with van der Waals surface area (Å²) >= 11 is 0. The van der Waals surface area contributed by atoms with E-state index in [2.05, 4.69) is 35.2 Å². The summed E-state index contributed by atoms with van der Waals surface area (Å²) in [7, 11) is 0. The lowest BCUT2D eigenvalue weighted by atomic mass is 9.83. The van der Waals surface area contributed by atoms with E-state index in [0.717, 1.165) is 13.1 Å². The van der Waals surface area contributed by atoms with Gasteiger partial charge in [0, 0.05) is 19.0 Å². The van der Waals surface area contributed by atoms with E-state index in [-0.39, 0.29) is 6.04 Å². The monoisotopic (exact) mass is 248 g/mol. The molecule has 19 heavy (non-hydrogen) atoms. The van der Waals surface area contributed by atoms with Crippen LogP contribution in [0.15, 0.2) is 60.7 Å². The first-order valence-electron chi connectivity index (χ1n) is 6.61. The Morgan fingerprint density at radius 1 is 1.00 bits per heavy atom. The summed E-state index contributed by atoms with van der Waals surface area (Å²) in [5.41, 5.74) is 2.55. The first-order valence-corrected chi connectivity index (χ1v) is 6.61. The van der Waals surface area contributed by atoms with Gasteiger partial charge in [0.1, 0.15) is 6.04 Å². The third-order valence-electron chi connectivity index (χ3n) is 3.79. The summed E-state index contributed by atoms with van der Waals surface area (Å²) in [6.45, 7) is 1.83. The van der Waals surface area contributed by atoms with Crippen LogP contribution < -0.4 is 0 Å². The Labute approximate surface area is 113 Å². The molecule has 1 aliphatic heterocycles. The van der Waals surface area contributed by atoms with Crippen molar-refractivity contribution in [1.82, 2.24) is 4.90 Å². The first-order chi connectivity index (χ1) is 9.38. The Morgan fingerprint density at radius 3 is 2.26 bits per heavy atom. The van der Waals surface area contributed by atoms with Gasteiger partial charge in [-0.25, -0.2) is 0 Å². The van der Waals surface area contributed by atoms with Crippen molar-refractivity contribution in [2.75, 3.05) is 6.54 Å². The van der Waals surface area contributed by atoms with E-state index in [9.17, 15) is 5.26 Å². The van der Waals surface area contributed by atoms with Gasteiger partial charge in [-0.2, -0.15) is 5.26 Å². The predicted molar refractivity (Wildman–Crippen MR) is 75.4 cm³/mol. The Morgan fingerprint density at radius 2 is 1.63 bits per heavy atom. The van der Waals surface area contributed by atoms with Crippen molar-refractivity contribution in [3.05, 3.63) is 71.8 Å². The molecule has 1 heterocycles. The number of likely N-dealkylation sites (tertiary alicyclic amines) is 1. The van der Waals surface area contributed by atoms with Crippen molar-refractivity contribution in [1.29, 1.82) is 5.26 Å². The molecule has 1 saturated heterocycles. The highest BCUT2D eigenvalue weighted by molar-refractivity contribution is 5.29. The number of nitrogens with zero attached hydrogens (tertiary/aromatic N) is 2. The number of nitriles is 1. The lowest BCUT2D eigenvalue weighted by Crippen LogP contribution is -2.53. The molecule has 0 aliphatic carbocycles. The Kier molecular flexibility index (Phi) is 3.31. The van der Waals surface area contributed by atoms with Crippen LogP contribution in [-0.4, -0.2) is 17.5 Å². The zero-order valence-corrected chi connectivity index (χ0v) is 10.7. The van der Waals surface area contributed by atoms with E-state index < -0.39 is 0 Å². The van der Waals surface area contributed by atoms with Crippen molar-refractivity contribution >= 4 is 0 Å². The predicted octanol–water partition coefficient (Wildman–Crippen LogP) is 3.18. The van der Waals surface area contributed by atoms with Crippen molar-refractivity contribution in [2.45, 2.75) is 18.5 Å². The zero-order chi connectivity index (χ0) is 13.1. The maximum Gasteiger partial charge on any atom is 0.106 e. The average molecular weight is 248 g/mol. The SMILES string of the molecule is N#C[C@@H]1[C@@H](c2ccccc2)CN1Cc1ccccc1. The van der Waals surface area contributed by atoms with Crippen LogP contribution in [0.4, 0.5) is 0 Å². The van der Waals surface area contributed by atoms with E-state index in [0.29, 0.717) is 5.92 Å². The second kappa shape index (κ2) is 5.26. The molecule has 1 fully saturated rings. The van der Waals surface area contributed by atoms with Crippen molar-refractivity contribution in [3.63, 3.8) is 0 Å². The Hall–Kier alpha value is -2.11. The molecule has 94 valence electrons. The highest BCUT2D eigenvalue weighted by Gasteiger charge is 2.39. The molecule has 0 aromatic heterocycles. The van der Waals surface area contributed by atoms with Crippen LogP contribution >= 0.6 is 0 Å². The molecule has 0 unspecified atom stereocenters. The normalized spacial score (nSPS) is 22.5. The van der Waals surface area contributed by atoms with Gasteiger partial charge in [0.15, 0.2) is 0 Å². The van der Waals surface area contributed by atoms with Gasteiger partial charge in [-0.1, -0.05) is 60.7 Å². The van der Waals surface area contributed by atoms with E-state index >= 15 is 0 Å². The second-order valence-corrected chi connectivity index (χ2v) is 5.01. The topological polar surface area (TPSA) is 27.0 Å². The summed E-state index contributed by atoms with van der Waals surface area (Å²) in [5.74, 6) is 0.356. The molecule has 2 aromatic carbocycles. The van der Waals surface area contributed by atoms with Crippen LogP contribution in [0.25, 0.3) is 0 Å². The van der Waals surface area contributed by atoms with Crippen LogP contribution in [0.1, 0.15) is 17.0 Å². The molecular weight excluding hydrogens is 232 g/mol. The summed E-state index contributed by atoms with van der Waals surface area (Å²) in [5, 5.41) is 9.37. The molecule has 0 radical (unpaired) electrons. The number of rotatable bonds is 3. The fourth-order valence-corrected chi connectivity index (χ4v) is 2.72. The maximum absolute atomic E-state index is 9.37. The molecule has 2 atom stereocenters. The van der Waals surface area contributed by atoms with Gasteiger partial charge in [0.05, 0.1) is 6.07 Å². The van der Waals surface area contributed by atoms with E-state index in [1.807, 2.05) is 36.4 Å². The van der Waals surface area contributed by atoms with Crippen molar-refractivity contribution in [2.24, 2.45) is 0 Å². The summed E-state index contributed by atoms with van der Waals surface area (Å²) in [6.07, 6.45) is 0. The van der Waals surface area contributed by atoms with Crippen LogP contribution in [0, 0.1) is 11.3 Å². The highest BCUT2D eigenvalue weighted by Crippen LogP contribution is 2.34. The van der Waals surface area contributed by atoms with Crippen LogP contribution in [0.3, 0.4) is 0 Å². The fourth-order valence-electron chi connectivity index (χ4n) is 2.72. The third-order valence-corrected chi connectivity index (χ3v) is 3.79. The number of hydrogen-bond donors (Lipinski definition) is 0. The highest BCUT2D eigenvalue weighted by atomic mass is 15.2. The average Bonchev–Trinajstić information content (AvgIpc) is 2.45. The molecule has 0 bridgehead atoms. The Balaban J connectivity index is 1.70. The molecule has 3 rings (SSSR count). The van der Waals surface area contributed by atoms with E-state index in [4.69, 9.17) is 0 Å². The lowest BCUT2D eigenvalue weighted by Gasteiger charge is -2.44.